The Kier molecular flexibility index (Phi) is 7.39. The molecule has 5 aromatic rings. The minimum Gasteiger partial charge on any atom is -0.385 e. The number of fused-ring (bicyclic) bond motifs is 1. The molecule has 1 aromatic heterocycles. The van der Waals surface area contributed by atoms with Crippen molar-refractivity contribution in [3.63, 3.8) is 0 Å². The van der Waals surface area contributed by atoms with Gasteiger partial charge in [0.15, 0.2) is 5.69 Å². The van der Waals surface area contributed by atoms with Crippen LogP contribution in [-0.2, 0) is 0 Å². The molecule has 4 aromatic carbocycles. The smallest absolute Gasteiger partial charge is 0.214 e. The molecule has 2 N–H and O–H groups in total. The van der Waals surface area contributed by atoms with Crippen molar-refractivity contribution in [2.24, 2.45) is 0 Å². The molecule has 0 radical (unpaired) electrons. The summed E-state index contributed by atoms with van der Waals surface area (Å²) in [6, 6.07) is 31.1. The lowest BCUT2D eigenvalue weighted by molar-refractivity contribution is 0.103. The maximum Gasteiger partial charge on any atom is 0.214 e. The highest BCUT2D eigenvalue weighted by Gasteiger charge is 2.25. The highest BCUT2D eigenvalue weighted by molar-refractivity contribution is 6.30. The fourth-order valence-electron chi connectivity index (χ4n) is 4.28. The fourth-order valence-corrected chi connectivity index (χ4v) is 4.41. The van der Waals surface area contributed by atoms with E-state index in [2.05, 4.69) is 52.1 Å². The lowest BCUT2D eigenvalue weighted by Gasteiger charge is -2.11. The van der Waals surface area contributed by atoms with Gasteiger partial charge in [-0.1, -0.05) is 71.8 Å². The van der Waals surface area contributed by atoms with Crippen LogP contribution in [0.15, 0.2) is 91.0 Å². The number of ketones is 1. The maximum atomic E-state index is 13.3. The number of carbonyl (C=O) groups excluding carboxylic acids is 1. The number of benzene rings is 4. The zero-order valence-electron chi connectivity index (χ0n) is 20.9. The van der Waals surface area contributed by atoms with E-state index in [1.54, 1.807) is 28.9 Å². The molecule has 188 valence electrons. The molecule has 6 nitrogen and oxygen atoms in total. The molecule has 5 rings (SSSR count). The number of hydrogen-bond acceptors (Lipinski definition) is 5. The van der Waals surface area contributed by atoms with Crippen LogP contribution in [-0.4, -0.2) is 28.7 Å². The highest BCUT2D eigenvalue weighted by atomic mass is 35.5. The summed E-state index contributed by atoms with van der Waals surface area (Å²) in [6.45, 7) is 3.27. The Morgan fingerprint density at radius 3 is 2.37 bits per heavy atom. The maximum absolute atomic E-state index is 13.3. The average Bonchev–Trinajstić information content (AvgIpc) is 3.31. The first-order valence-corrected chi connectivity index (χ1v) is 12.8. The molecule has 0 saturated heterocycles. The Labute approximate surface area is 226 Å². The molecular weight excluding hydrogens is 494 g/mol. The second-order valence-corrected chi connectivity index (χ2v) is 9.47. The first-order valence-electron chi connectivity index (χ1n) is 12.4. The number of anilines is 2. The molecule has 1 heterocycles. The van der Waals surface area contributed by atoms with Crippen LogP contribution in [0.25, 0.3) is 16.5 Å². The molecule has 7 heteroatoms. The summed E-state index contributed by atoms with van der Waals surface area (Å²) in [5.74, 6) is 0.186. The molecule has 0 aliphatic heterocycles. The largest absolute Gasteiger partial charge is 0.385 e. The van der Waals surface area contributed by atoms with Crippen LogP contribution >= 0.6 is 11.6 Å². The SMILES string of the molecule is Cc1ccc(C(=O)c2nn(-c3ccc(Cl)cc3)c(NCCCNc3ccc4ccccc4c3)c2C#N)cc1. The topological polar surface area (TPSA) is 82.7 Å². The van der Waals surface area contributed by atoms with E-state index in [9.17, 15) is 10.1 Å². The van der Waals surface area contributed by atoms with E-state index in [0.29, 0.717) is 28.6 Å². The molecule has 0 atom stereocenters. The monoisotopic (exact) mass is 519 g/mol. The number of nitrogens with zero attached hydrogens (tertiary/aromatic N) is 3. The normalized spacial score (nSPS) is 10.8. The van der Waals surface area contributed by atoms with Gasteiger partial charge in [0.2, 0.25) is 5.78 Å². The predicted octanol–water partition coefficient (Wildman–Crippen LogP) is 7.00. The van der Waals surface area contributed by atoms with E-state index in [0.717, 1.165) is 24.2 Å². The summed E-state index contributed by atoms with van der Waals surface area (Å²) in [5, 5.41) is 24.4. The highest BCUT2D eigenvalue weighted by Crippen LogP contribution is 2.26. The predicted molar refractivity (Wildman–Crippen MR) is 153 cm³/mol. The van der Waals surface area contributed by atoms with Crippen molar-refractivity contribution < 1.29 is 4.79 Å². The molecule has 0 unspecified atom stereocenters. The second-order valence-electron chi connectivity index (χ2n) is 9.04. The Bertz CT molecular complexity index is 1630. The molecular formula is C31H26ClN5O. The van der Waals surface area contributed by atoms with Crippen molar-refractivity contribution in [1.29, 1.82) is 5.26 Å². The first-order chi connectivity index (χ1) is 18.5. The van der Waals surface area contributed by atoms with E-state index < -0.39 is 0 Å². The third-order valence-corrected chi connectivity index (χ3v) is 6.57. The summed E-state index contributed by atoms with van der Waals surface area (Å²) in [4.78, 5) is 13.3. The lowest BCUT2D eigenvalue weighted by atomic mass is 10.0. The van der Waals surface area contributed by atoms with Crippen LogP contribution in [0.3, 0.4) is 0 Å². The van der Waals surface area contributed by atoms with Crippen molar-refractivity contribution in [3.05, 3.63) is 118 Å². The molecule has 0 aliphatic carbocycles. The van der Waals surface area contributed by atoms with Crippen LogP contribution < -0.4 is 10.6 Å². The summed E-state index contributed by atoms with van der Waals surface area (Å²) in [5.41, 5.74) is 3.62. The van der Waals surface area contributed by atoms with Crippen molar-refractivity contribution in [2.75, 3.05) is 23.7 Å². The van der Waals surface area contributed by atoms with E-state index in [-0.39, 0.29) is 17.0 Å². The van der Waals surface area contributed by atoms with Crippen LogP contribution in [0.5, 0.6) is 0 Å². The van der Waals surface area contributed by atoms with Gasteiger partial charge in [-0.15, -0.1) is 0 Å². The van der Waals surface area contributed by atoms with E-state index in [1.807, 2.05) is 43.3 Å². The van der Waals surface area contributed by atoms with Gasteiger partial charge in [0.05, 0.1) is 5.69 Å². The molecule has 0 bridgehead atoms. The Morgan fingerprint density at radius 1 is 0.921 bits per heavy atom. The number of hydrogen-bond donors (Lipinski definition) is 2. The average molecular weight is 520 g/mol. The van der Waals surface area contributed by atoms with Gasteiger partial charge in [0, 0.05) is 29.4 Å². The number of nitrogens with one attached hydrogen (secondary N) is 2. The number of aromatic nitrogens is 2. The Hall–Kier alpha value is -4.60. The van der Waals surface area contributed by atoms with Gasteiger partial charge in [0.25, 0.3) is 0 Å². The van der Waals surface area contributed by atoms with Crippen molar-refractivity contribution >= 4 is 39.7 Å². The number of rotatable bonds is 9. The minimum atomic E-state index is -0.296. The summed E-state index contributed by atoms with van der Waals surface area (Å²) < 4.78 is 1.60. The second kappa shape index (κ2) is 11.2. The Morgan fingerprint density at radius 2 is 1.63 bits per heavy atom. The summed E-state index contributed by atoms with van der Waals surface area (Å²) >= 11 is 6.09. The zero-order chi connectivity index (χ0) is 26.5. The van der Waals surface area contributed by atoms with Gasteiger partial charge < -0.3 is 10.6 Å². The molecule has 0 amide bonds. The van der Waals surface area contributed by atoms with Crippen molar-refractivity contribution in [3.8, 4) is 11.8 Å². The summed E-state index contributed by atoms with van der Waals surface area (Å²) in [6.07, 6.45) is 0.782. The third-order valence-electron chi connectivity index (χ3n) is 6.32. The number of aryl methyl sites for hydroxylation is 1. The Balaban J connectivity index is 1.35. The quantitative estimate of drug-likeness (QED) is 0.162. The number of halogens is 1. The van der Waals surface area contributed by atoms with Crippen LogP contribution in [0, 0.1) is 18.3 Å². The van der Waals surface area contributed by atoms with E-state index in [1.165, 1.54) is 10.8 Å². The lowest BCUT2D eigenvalue weighted by Crippen LogP contribution is -2.12. The van der Waals surface area contributed by atoms with E-state index >= 15 is 0 Å². The van der Waals surface area contributed by atoms with Gasteiger partial charge in [-0.05, 0) is 60.5 Å². The van der Waals surface area contributed by atoms with Crippen LogP contribution in [0.2, 0.25) is 5.02 Å². The van der Waals surface area contributed by atoms with Crippen molar-refractivity contribution in [1.82, 2.24) is 9.78 Å². The zero-order valence-corrected chi connectivity index (χ0v) is 21.7. The van der Waals surface area contributed by atoms with Gasteiger partial charge >= 0.3 is 0 Å². The third kappa shape index (κ3) is 5.39. The van der Waals surface area contributed by atoms with Crippen molar-refractivity contribution in [2.45, 2.75) is 13.3 Å². The minimum absolute atomic E-state index is 0.114. The van der Waals surface area contributed by atoms with Gasteiger partial charge in [-0.25, -0.2) is 4.68 Å². The molecule has 0 saturated carbocycles. The van der Waals surface area contributed by atoms with Crippen LogP contribution in [0.4, 0.5) is 11.5 Å². The molecule has 0 aliphatic rings. The summed E-state index contributed by atoms with van der Waals surface area (Å²) in [7, 11) is 0. The molecule has 38 heavy (non-hydrogen) atoms. The number of carbonyl (C=O) groups is 1. The molecule has 0 spiro atoms. The van der Waals surface area contributed by atoms with Gasteiger partial charge in [0.1, 0.15) is 17.5 Å². The van der Waals surface area contributed by atoms with E-state index in [4.69, 9.17) is 11.6 Å². The first kappa shape index (κ1) is 25.1. The standard InChI is InChI=1S/C31H26ClN5O/c1-21-7-9-23(10-8-21)30(38)29-28(20-33)31(37(36-29)27-15-12-25(32)13-16-27)35-18-4-17-34-26-14-11-22-5-2-3-6-24(22)19-26/h2-3,5-16,19,34-35H,4,17-18H2,1H3. The van der Waals surface area contributed by atoms with Gasteiger partial charge in [-0.3, -0.25) is 4.79 Å². The van der Waals surface area contributed by atoms with Crippen LogP contribution in [0.1, 0.15) is 33.6 Å². The fraction of sp³-hybridized carbons (Fsp3) is 0.129. The van der Waals surface area contributed by atoms with Gasteiger partial charge in [-0.2, -0.15) is 10.4 Å². The number of nitriles is 1. The molecule has 0 fully saturated rings.